The molecule has 3 N–H and O–H groups in total. The second-order valence-electron chi connectivity index (χ2n) is 4.62. The Morgan fingerprint density at radius 1 is 1.29 bits per heavy atom. The molecule has 0 amide bonds. The zero-order chi connectivity index (χ0) is 13.3. The molecule has 0 atom stereocenters. The van der Waals surface area contributed by atoms with Gasteiger partial charge in [0.15, 0.2) is 0 Å². The molecule has 0 aromatic heterocycles. The summed E-state index contributed by atoms with van der Waals surface area (Å²) in [6.07, 6.45) is 0. The smallest absolute Gasteiger partial charge is 0.299 e. The van der Waals surface area contributed by atoms with E-state index in [1.165, 1.54) is 18.2 Å². The van der Waals surface area contributed by atoms with Gasteiger partial charge in [-0.05, 0) is 39.0 Å². The Morgan fingerprint density at radius 3 is 2.41 bits per heavy atom. The predicted octanol–water partition coefficient (Wildman–Crippen LogP) is 2.09. The van der Waals surface area contributed by atoms with Gasteiger partial charge in [-0.1, -0.05) is 11.6 Å². The average Bonchev–Trinajstić information content (AvgIpc) is 2.06. The molecule has 0 fully saturated rings. The number of nitrogens with one attached hydrogen (secondary N) is 2. The Morgan fingerprint density at radius 2 is 1.88 bits per heavy atom. The Labute approximate surface area is 106 Å². The van der Waals surface area contributed by atoms with Crippen molar-refractivity contribution in [3.05, 3.63) is 23.2 Å². The van der Waals surface area contributed by atoms with Crippen LogP contribution in [0.5, 0.6) is 5.75 Å². The molecule has 1 aromatic rings. The minimum absolute atomic E-state index is 0.0363. The van der Waals surface area contributed by atoms with Gasteiger partial charge in [0, 0.05) is 10.6 Å². The second-order valence-corrected chi connectivity index (χ2v) is 6.47. The second kappa shape index (κ2) is 4.72. The first kappa shape index (κ1) is 14.1. The van der Waals surface area contributed by atoms with E-state index in [2.05, 4.69) is 9.44 Å². The van der Waals surface area contributed by atoms with Crippen LogP contribution in [0.25, 0.3) is 0 Å². The lowest BCUT2D eigenvalue weighted by atomic mass is 10.1. The summed E-state index contributed by atoms with van der Waals surface area (Å²) >= 11 is 5.71. The van der Waals surface area contributed by atoms with E-state index in [1.54, 1.807) is 20.8 Å². The maximum Gasteiger partial charge on any atom is 0.299 e. The third-order valence-corrected chi connectivity index (χ3v) is 3.25. The van der Waals surface area contributed by atoms with Crippen LogP contribution in [-0.4, -0.2) is 19.1 Å². The predicted molar refractivity (Wildman–Crippen MR) is 68.5 cm³/mol. The number of phenolic OH excluding ortho intramolecular Hbond substituents is 1. The fourth-order valence-electron chi connectivity index (χ4n) is 1.16. The molecular formula is C10H15ClN2O3S. The summed E-state index contributed by atoms with van der Waals surface area (Å²) in [6.45, 7) is 5.14. The van der Waals surface area contributed by atoms with E-state index >= 15 is 0 Å². The summed E-state index contributed by atoms with van der Waals surface area (Å²) in [7, 11) is -3.75. The van der Waals surface area contributed by atoms with E-state index < -0.39 is 15.7 Å². The molecule has 1 rings (SSSR count). The molecule has 0 aliphatic carbocycles. The highest BCUT2D eigenvalue weighted by atomic mass is 35.5. The normalized spacial score (nSPS) is 12.5. The van der Waals surface area contributed by atoms with Crippen LogP contribution >= 0.6 is 11.6 Å². The van der Waals surface area contributed by atoms with Crippen molar-refractivity contribution in [2.45, 2.75) is 26.3 Å². The molecular weight excluding hydrogens is 264 g/mol. The summed E-state index contributed by atoms with van der Waals surface area (Å²) in [6, 6.07) is 4.11. The standard InChI is InChI=1S/C10H15ClN2O3S/c1-10(2,3)13-17(15,16)12-8-6-7(11)4-5-9(8)14/h4-6,12-14H,1-3H3. The molecule has 0 spiro atoms. The summed E-state index contributed by atoms with van der Waals surface area (Å²) in [5.74, 6) is -0.186. The lowest BCUT2D eigenvalue weighted by molar-refractivity contribution is 0.476. The van der Waals surface area contributed by atoms with E-state index in [9.17, 15) is 13.5 Å². The van der Waals surface area contributed by atoms with E-state index in [4.69, 9.17) is 11.6 Å². The number of rotatable bonds is 3. The fourth-order valence-corrected chi connectivity index (χ4v) is 2.65. The van der Waals surface area contributed by atoms with Gasteiger partial charge in [0.05, 0.1) is 5.69 Å². The van der Waals surface area contributed by atoms with Gasteiger partial charge in [-0.25, -0.2) is 0 Å². The minimum Gasteiger partial charge on any atom is -0.506 e. The lowest BCUT2D eigenvalue weighted by Crippen LogP contribution is -2.43. The highest BCUT2D eigenvalue weighted by molar-refractivity contribution is 7.90. The summed E-state index contributed by atoms with van der Waals surface area (Å²) in [5.41, 5.74) is -0.575. The number of benzene rings is 1. The van der Waals surface area contributed by atoms with Crippen LogP contribution < -0.4 is 9.44 Å². The number of hydrogen-bond acceptors (Lipinski definition) is 3. The molecule has 0 saturated heterocycles. The largest absolute Gasteiger partial charge is 0.506 e. The first-order valence-corrected chi connectivity index (χ1v) is 6.75. The van der Waals surface area contributed by atoms with Gasteiger partial charge in [-0.15, -0.1) is 0 Å². The summed E-state index contributed by atoms with van der Waals surface area (Å²) in [4.78, 5) is 0. The van der Waals surface area contributed by atoms with E-state index in [1.807, 2.05) is 0 Å². The van der Waals surface area contributed by atoms with Crippen LogP contribution in [0.2, 0.25) is 5.02 Å². The zero-order valence-corrected chi connectivity index (χ0v) is 11.4. The molecule has 17 heavy (non-hydrogen) atoms. The van der Waals surface area contributed by atoms with Gasteiger partial charge in [-0.2, -0.15) is 13.1 Å². The Kier molecular flexibility index (Phi) is 3.91. The Hall–Kier alpha value is -0.980. The SMILES string of the molecule is CC(C)(C)NS(=O)(=O)Nc1cc(Cl)ccc1O. The number of aromatic hydroxyl groups is 1. The van der Waals surface area contributed by atoms with Crippen LogP contribution in [-0.2, 0) is 10.2 Å². The summed E-state index contributed by atoms with van der Waals surface area (Å²) in [5, 5.41) is 9.81. The van der Waals surface area contributed by atoms with E-state index in [-0.39, 0.29) is 11.4 Å². The number of anilines is 1. The number of hydrogen-bond donors (Lipinski definition) is 3. The molecule has 0 aliphatic heterocycles. The van der Waals surface area contributed by atoms with Crippen LogP contribution in [0.15, 0.2) is 18.2 Å². The maximum absolute atomic E-state index is 11.7. The first-order chi connectivity index (χ1) is 7.59. The lowest BCUT2D eigenvalue weighted by Gasteiger charge is -2.21. The van der Waals surface area contributed by atoms with Crippen molar-refractivity contribution in [1.29, 1.82) is 0 Å². The average molecular weight is 279 g/mol. The van der Waals surface area contributed by atoms with Crippen LogP contribution in [0.3, 0.4) is 0 Å². The van der Waals surface area contributed by atoms with Gasteiger partial charge >= 0.3 is 0 Å². The van der Waals surface area contributed by atoms with Crippen LogP contribution in [0.4, 0.5) is 5.69 Å². The minimum atomic E-state index is -3.75. The van der Waals surface area contributed by atoms with Gasteiger partial charge in [0.25, 0.3) is 10.2 Å². The first-order valence-electron chi connectivity index (χ1n) is 4.89. The Bertz CT molecular complexity index is 509. The number of phenols is 1. The van der Waals surface area contributed by atoms with Crippen molar-refractivity contribution in [3.8, 4) is 5.75 Å². The molecule has 0 saturated carbocycles. The van der Waals surface area contributed by atoms with E-state index in [0.29, 0.717) is 5.02 Å². The highest BCUT2D eigenvalue weighted by Crippen LogP contribution is 2.27. The number of halogens is 1. The van der Waals surface area contributed by atoms with Gasteiger partial charge in [-0.3, -0.25) is 4.72 Å². The molecule has 0 aliphatic rings. The van der Waals surface area contributed by atoms with Gasteiger partial charge < -0.3 is 5.11 Å². The van der Waals surface area contributed by atoms with Crippen LogP contribution in [0.1, 0.15) is 20.8 Å². The monoisotopic (exact) mass is 278 g/mol. The van der Waals surface area contributed by atoms with Crippen molar-refractivity contribution < 1.29 is 13.5 Å². The molecule has 1 aromatic carbocycles. The van der Waals surface area contributed by atoms with Crippen molar-refractivity contribution in [3.63, 3.8) is 0 Å². The summed E-state index contributed by atoms with van der Waals surface area (Å²) < 4.78 is 28.0. The zero-order valence-electron chi connectivity index (χ0n) is 9.78. The molecule has 5 nitrogen and oxygen atoms in total. The van der Waals surface area contributed by atoms with E-state index in [0.717, 1.165) is 0 Å². The van der Waals surface area contributed by atoms with Crippen molar-refractivity contribution in [2.24, 2.45) is 0 Å². The molecule has 96 valence electrons. The quantitative estimate of drug-likeness (QED) is 0.741. The fraction of sp³-hybridized carbons (Fsp3) is 0.400. The van der Waals surface area contributed by atoms with Crippen molar-refractivity contribution in [1.82, 2.24) is 4.72 Å². The molecule has 0 heterocycles. The van der Waals surface area contributed by atoms with Gasteiger partial charge in [0.2, 0.25) is 0 Å². The third-order valence-electron chi connectivity index (χ3n) is 1.64. The maximum atomic E-state index is 11.7. The molecule has 0 bridgehead atoms. The molecule has 0 unspecified atom stereocenters. The topological polar surface area (TPSA) is 78.4 Å². The van der Waals surface area contributed by atoms with Crippen molar-refractivity contribution >= 4 is 27.5 Å². The Balaban J connectivity index is 2.94. The van der Waals surface area contributed by atoms with Crippen molar-refractivity contribution in [2.75, 3.05) is 4.72 Å². The molecule has 0 radical (unpaired) electrons. The molecule has 7 heteroatoms. The highest BCUT2D eigenvalue weighted by Gasteiger charge is 2.20. The van der Waals surface area contributed by atoms with Crippen LogP contribution in [0, 0.1) is 0 Å². The third kappa shape index (κ3) is 4.80. The van der Waals surface area contributed by atoms with Gasteiger partial charge in [0.1, 0.15) is 5.75 Å².